The van der Waals surface area contributed by atoms with Gasteiger partial charge in [0.1, 0.15) is 6.10 Å². The van der Waals surface area contributed by atoms with E-state index in [0.717, 1.165) is 19.4 Å². The Labute approximate surface area is 144 Å². The number of amides is 1. The van der Waals surface area contributed by atoms with E-state index in [4.69, 9.17) is 4.74 Å². The summed E-state index contributed by atoms with van der Waals surface area (Å²) in [7, 11) is 0. The van der Waals surface area contributed by atoms with E-state index in [1.54, 1.807) is 0 Å². The van der Waals surface area contributed by atoms with Crippen LogP contribution in [0.15, 0.2) is 30.3 Å². The second kappa shape index (κ2) is 6.42. The monoisotopic (exact) mass is 336 g/mol. The van der Waals surface area contributed by atoms with Gasteiger partial charge in [-0.15, -0.1) is 12.4 Å². The van der Waals surface area contributed by atoms with Crippen molar-refractivity contribution in [3.63, 3.8) is 0 Å². The number of hydrogen-bond donors (Lipinski definition) is 1. The molecule has 3 heterocycles. The van der Waals surface area contributed by atoms with Crippen LogP contribution in [0.5, 0.6) is 0 Å². The predicted molar refractivity (Wildman–Crippen MR) is 91.6 cm³/mol. The van der Waals surface area contributed by atoms with Gasteiger partial charge >= 0.3 is 0 Å². The number of carbonyl (C=O) groups is 1. The molecule has 3 atom stereocenters. The van der Waals surface area contributed by atoms with Gasteiger partial charge in [0.25, 0.3) is 5.91 Å². The standard InChI is InChI=1S/C18H24N2O2.ClH/c1-13-17(21)20(11-14-5-3-2-4-6-14)12-18(22-13)9-15-7-8-16(10-18)19-15;/h2-6,13,15-16,19H,7-12H2,1H3;1H. The minimum absolute atomic E-state index is 0. The first-order valence-corrected chi connectivity index (χ1v) is 8.40. The van der Waals surface area contributed by atoms with Gasteiger partial charge in [-0.3, -0.25) is 4.79 Å². The lowest BCUT2D eigenvalue weighted by Gasteiger charge is -2.49. The van der Waals surface area contributed by atoms with Gasteiger partial charge in [-0.2, -0.15) is 0 Å². The fourth-order valence-corrected chi connectivity index (χ4v) is 4.51. The summed E-state index contributed by atoms with van der Waals surface area (Å²) in [6, 6.07) is 11.4. The summed E-state index contributed by atoms with van der Waals surface area (Å²) in [5.74, 6) is 0.125. The van der Waals surface area contributed by atoms with Crippen molar-refractivity contribution in [2.75, 3.05) is 6.54 Å². The summed E-state index contributed by atoms with van der Waals surface area (Å²) >= 11 is 0. The van der Waals surface area contributed by atoms with Crippen LogP contribution >= 0.6 is 12.4 Å². The zero-order chi connectivity index (χ0) is 15.2. The molecule has 0 saturated carbocycles. The molecule has 3 saturated heterocycles. The normalized spacial score (nSPS) is 36.1. The third kappa shape index (κ3) is 3.25. The van der Waals surface area contributed by atoms with Crippen molar-refractivity contribution in [3.05, 3.63) is 35.9 Å². The number of ether oxygens (including phenoxy) is 1. The number of morpholine rings is 1. The van der Waals surface area contributed by atoms with Crippen LogP contribution in [0.3, 0.4) is 0 Å². The van der Waals surface area contributed by atoms with Crippen LogP contribution in [-0.2, 0) is 16.1 Å². The largest absolute Gasteiger partial charge is 0.360 e. The molecule has 3 fully saturated rings. The van der Waals surface area contributed by atoms with E-state index in [1.807, 2.05) is 30.0 Å². The van der Waals surface area contributed by atoms with E-state index in [9.17, 15) is 4.79 Å². The number of halogens is 1. The van der Waals surface area contributed by atoms with Crippen LogP contribution in [0.2, 0.25) is 0 Å². The molecule has 2 bridgehead atoms. The summed E-state index contributed by atoms with van der Waals surface area (Å²) in [6.07, 6.45) is 4.24. The van der Waals surface area contributed by atoms with Crippen molar-refractivity contribution < 1.29 is 9.53 Å². The molecule has 126 valence electrons. The molecule has 4 nitrogen and oxygen atoms in total. The zero-order valence-corrected chi connectivity index (χ0v) is 14.3. The number of benzene rings is 1. The zero-order valence-electron chi connectivity index (χ0n) is 13.5. The number of carbonyl (C=O) groups excluding carboxylic acids is 1. The SMILES string of the molecule is CC1OC2(CC3CCC(C2)N3)CN(Cc2ccccc2)C1=O.Cl. The molecule has 3 aliphatic rings. The van der Waals surface area contributed by atoms with Gasteiger partial charge in [0.05, 0.1) is 12.1 Å². The maximum Gasteiger partial charge on any atom is 0.251 e. The average molecular weight is 337 g/mol. The summed E-state index contributed by atoms with van der Waals surface area (Å²) in [5, 5.41) is 3.67. The van der Waals surface area contributed by atoms with E-state index in [-0.39, 0.29) is 30.0 Å². The van der Waals surface area contributed by atoms with Gasteiger partial charge in [0.15, 0.2) is 0 Å². The summed E-state index contributed by atoms with van der Waals surface area (Å²) in [5.41, 5.74) is 1.05. The number of hydrogen-bond acceptors (Lipinski definition) is 3. The van der Waals surface area contributed by atoms with Gasteiger partial charge < -0.3 is 15.0 Å². The Hall–Kier alpha value is -1.10. The highest BCUT2D eigenvalue weighted by Gasteiger charge is 2.50. The Kier molecular flexibility index (Phi) is 4.68. The number of fused-ring (bicyclic) bond motifs is 2. The number of rotatable bonds is 2. The molecule has 1 amide bonds. The Morgan fingerprint density at radius 2 is 1.87 bits per heavy atom. The van der Waals surface area contributed by atoms with Crippen LogP contribution in [0, 0.1) is 0 Å². The minimum atomic E-state index is -0.324. The topological polar surface area (TPSA) is 41.6 Å². The summed E-state index contributed by atoms with van der Waals surface area (Å²) in [4.78, 5) is 14.5. The van der Waals surface area contributed by atoms with E-state index >= 15 is 0 Å². The lowest BCUT2D eigenvalue weighted by molar-refractivity contribution is -0.189. The van der Waals surface area contributed by atoms with E-state index in [2.05, 4.69) is 17.4 Å². The van der Waals surface area contributed by atoms with E-state index in [0.29, 0.717) is 18.6 Å². The summed E-state index contributed by atoms with van der Waals surface area (Å²) < 4.78 is 6.24. The third-order valence-electron chi connectivity index (χ3n) is 5.35. The second-order valence-electron chi connectivity index (χ2n) is 7.17. The molecule has 1 N–H and O–H groups in total. The third-order valence-corrected chi connectivity index (χ3v) is 5.35. The van der Waals surface area contributed by atoms with Crippen molar-refractivity contribution in [3.8, 4) is 0 Å². The molecule has 0 radical (unpaired) electrons. The molecule has 0 aliphatic carbocycles. The highest BCUT2D eigenvalue weighted by molar-refractivity contribution is 5.85. The van der Waals surface area contributed by atoms with Crippen molar-refractivity contribution in [2.45, 2.75) is 62.9 Å². The van der Waals surface area contributed by atoms with Gasteiger partial charge in [0, 0.05) is 18.6 Å². The van der Waals surface area contributed by atoms with Crippen LogP contribution in [0.4, 0.5) is 0 Å². The van der Waals surface area contributed by atoms with Gasteiger partial charge in [0.2, 0.25) is 0 Å². The smallest absolute Gasteiger partial charge is 0.251 e. The Morgan fingerprint density at radius 3 is 2.52 bits per heavy atom. The van der Waals surface area contributed by atoms with Crippen LogP contribution in [0.25, 0.3) is 0 Å². The molecule has 3 aliphatic heterocycles. The maximum absolute atomic E-state index is 12.5. The molecule has 23 heavy (non-hydrogen) atoms. The molecule has 1 aromatic carbocycles. The van der Waals surface area contributed by atoms with E-state index in [1.165, 1.54) is 18.4 Å². The Morgan fingerprint density at radius 1 is 1.22 bits per heavy atom. The van der Waals surface area contributed by atoms with Crippen molar-refractivity contribution >= 4 is 18.3 Å². The first kappa shape index (κ1) is 16.7. The fourth-order valence-electron chi connectivity index (χ4n) is 4.51. The number of piperidine rings is 1. The number of nitrogens with one attached hydrogen (secondary N) is 1. The van der Waals surface area contributed by atoms with Crippen LogP contribution < -0.4 is 5.32 Å². The average Bonchev–Trinajstić information content (AvgIpc) is 2.85. The number of nitrogens with zero attached hydrogens (tertiary/aromatic N) is 1. The first-order valence-electron chi connectivity index (χ1n) is 8.40. The molecule has 1 aromatic rings. The second-order valence-corrected chi connectivity index (χ2v) is 7.17. The Balaban J connectivity index is 0.00000156. The molecule has 5 heteroatoms. The molecule has 4 rings (SSSR count). The van der Waals surface area contributed by atoms with Gasteiger partial charge in [-0.05, 0) is 38.2 Å². The van der Waals surface area contributed by atoms with Crippen molar-refractivity contribution in [2.24, 2.45) is 0 Å². The Bertz CT molecular complexity index is 553. The minimum Gasteiger partial charge on any atom is -0.360 e. The van der Waals surface area contributed by atoms with Crippen LogP contribution in [0.1, 0.15) is 38.2 Å². The molecule has 3 unspecified atom stereocenters. The lowest BCUT2D eigenvalue weighted by atomic mass is 9.85. The lowest BCUT2D eigenvalue weighted by Crippen LogP contribution is -2.62. The first-order chi connectivity index (χ1) is 10.6. The quantitative estimate of drug-likeness (QED) is 0.902. The maximum atomic E-state index is 12.5. The molecular weight excluding hydrogens is 312 g/mol. The molecular formula is C18H25ClN2O2. The molecule has 1 spiro atoms. The van der Waals surface area contributed by atoms with Crippen LogP contribution in [-0.4, -0.2) is 41.1 Å². The van der Waals surface area contributed by atoms with Crippen molar-refractivity contribution in [1.29, 1.82) is 0 Å². The highest BCUT2D eigenvalue weighted by atomic mass is 35.5. The summed E-state index contributed by atoms with van der Waals surface area (Å²) in [6.45, 7) is 3.34. The molecule has 0 aromatic heterocycles. The predicted octanol–water partition coefficient (Wildman–Crippen LogP) is 2.51. The van der Waals surface area contributed by atoms with Gasteiger partial charge in [-0.1, -0.05) is 30.3 Å². The fraction of sp³-hybridized carbons (Fsp3) is 0.611. The van der Waals surface area contributed by atoms with E-state index < -0.39 is 0 Å². The van der Waals surface area contributed by atoms with Crippen molar-refractivity contribution in [1.82, 2.24) is 10.2 Å². The highest BCUT2D eigenvalue weighted by Crippen LogP contribution is 2.40. The van der Waals surface area contributed by atoms with Gasteiger partial charge in [-0.25, -0.2) is 0 Å².